The number of rotatable bonds is 9. The number of hydrogen-bond acceptors (Lipinski definition) is 6. The fraction of sp³-hybridized carbons (Fsp3) is 0.364. The number of hydrogen-bond donors (Lipinski definition) is 0. The molecule has 0 unspecified atom stereocenters. The molecule has 1 heterocycles. The van der Waals surface area contributed by atoms with E-state index in [2.05, 4.69) is 4.99 Å². The monoisotopic (exact) mass is 462 g/mol. The van der Waals surface area contributed by atoms with Gasteiger partial charge in [0.1, 0.15) is 11.5 Å². The smallest absolute Gasteiger partial charge is 0.248 e. The van der Waals surface area contributed by atoms with Crippen LogP contribution < -0.4 is 14.3 Å². The predicted molar refractivity (Wildman–Crippen MR) is 122 cm³/mol. The average Bonchev–Trinajstić information content (AvgIpc) is 3.09. The van der Waals surface area contributed by atoms with Gasteiger partial charge in [0.05, 0.1) is 34.6 Å². The van der Waals surface area contributed by atoms with Crippen LogP contribution in [0.2, 0.25) is 0 Å². The van der Waals surface area contributed by atoms with Crippen LogP contribution in [0.5, 0.6) is 11.5 Å². The zero-order chi connectivity index (χ0) is 22.4. The zero-order valence-electron chi connectivity index (χ0n) is 17.8. The van der Waals surface area contributed by atoms with Gasteiger partial charge in [-0.05, 0) is 62.7 Å². The van der Waals surface area contributed by atoms with E-state index in [4.69, 9.17) is 9.47 Å². The van der Waals surface area contributed by atoms with Crippen LogP contribution in [0, 0.1) is 0 Å². The SMILES string of the molecule is CCOc1ccc2c(c1)sc(=NC(=O)CCCS(=O)(=O)c1ccc(OC)cc1)n2CC. The summed E-state index contributed by atoms with van der Waals surface area (Å²) in [6, 6.07) is 12.0. The lowest BCUT2D eigenvalue weighted by molar-refractivity contribution is -0.118. The van der Waals surface area contributed by atoms with E-state index in [0.717, 1.165) is 16.0 Å². The number of ether oxygens (including phenoxy) is 2. The highest BCUT2D eigenvalue weighted by atomic mass is 32.2. The molecule has 3 aromatic rings. The third kappa shape index (κ3) is 5.54. The van der Waals surface area contributed by atoms with E-state index in [1.54, 1.807) is 12.1 Å². The standard InChI is InChI=1S/C22H26N2O5S2/c1-4-24-19-13-10-17(29-5-2)15-20(19)30-22(24)23-21(25)7-6-14-31(26,27)18-11-8-16(28-3)9-12-18/h8-13,15H,4-7,14H2,1-3H3. The van der Waals surface area contributed by atoms with Gasteiger partial charge in [-0.25, -0.2) is 8.42 Å². The van der Waals surface area contributed by atoms with Crippen LogP contribution in [-0.2, 0) is 21.2 Å². The van der Waals surface area contributed by atoms with Crippen LogP contribution >= 0.6 is 11.3 Å². The van der Waals surface area contributed by atoms with Crippen LogP contribution in [0.4, 0.5) is 0 Å². The van der Waals surface area contributed by atoms with Gasteiger partial charge in [-0.3, -0.25) is 4.79 Å². The minimum atomic E-state index is -3.46. The average molecular weight is 463 g/mol. The minimum Gasteiger partial charge on any atom is -0.497 e. The van der Waals surface area contributed by atoms with Crippen molar-refractivity contribution in [2.75, 3.05) is 19.5 Å². The number of benzene rings is 2. The van der Waals surface area contributed by atoms with E-state index < -0.39 is 9.84 Å². The van der Waals surface area contributed by atoms with Crippen molar-refractivity contribution in [3.63, 3.8) is 0 Å². The minimum absolute atomic E-state index is 0.0670. The van der Waals surface area contributed by atoms with Gasteiger partial charge in [0.2, 0.25) is 5.91 Å². The fourth-order valence-corrected chi connectivity index (χ4v) is 5.63. The maximum Gasteiger partial charge on any atom is 0.248 e. The van der Waals surface area contributed by atoms with Gasteiger partial charge < -0.3 is 14.0 Å². The number of carbonyl (C=O) groups is 1. The number of thiazole rings is 1. The molecule has 1 amide bonds. The number of aryl methyl sites for hydroxylation is 1. The normalized spacial score (nSPS) is 12.3. The highest BCUT2D eigenvalue weighted by molar-refractivity contribution is 7.91. The maximum absolute atomic E-state index is 12.5. The Morgan fingerprint density at radius 3 is 2.45 bits per heavy atom. The Morgan fingerprint density at radius 2 is 1.81 bits per heavy atom. The van der Waals surface area contributed by atoms with Crippen molar-refractivity contribution in [1.82, 2.24) is 4.57 Å². The molecule has 166 valence electrons. The third-order valence-corrected chi connectivity index (χ3v) is 7.58. The molecule has 0 fully saturated rings. The quantitative estimate of drug-likeness (QED) is 0.483. The largest absolute Gasteiger partial charge is 0.497 e. The molecule has 2 aromatic carbocycles. The molecule has 0 radical (unpaired) electrons. The van der Waals surface area contributed by atoms with E-state index >= 15 is 0 Å². The van der Waals surface area contributed by atoms with Crippen LogP contribution in [0.25, 0.3) is 10.2 Å². The van der Waals surface area contributed by atoms with E-state index in [1.807, 2.05) is 36.6 Å². The Bertz CT molecular complexity index is 1230. The second-order valence-electron chi connectivity index (χ2n) is 6.79. The number of amides is 1. The molecule has 1 aromatic heterocycles. The highest BCUT2D eigenvalue weighted by Crippen LogP contribution is 2.23. The summed E-state index contributed by atoms with van der Waals surface area (Å²) in [6.45, 7) is 5.18. The predicted octanol–water partition coefficient (Wildman–Crippen LogP) is 3.81. The summed E-state index contributed by atoms with van der Waals surface area (Å²) in [6.07, 6.45) is 0.278. The molecule has 9 heteroatoms. The summed E-state index contributed by atoms with van der Waals surface area (Å²) in [5.41, 5.74) is 0.990. The molecule has 0 aliphatic heterocycles. The van der Waals surface area contributed by atoms with Crippen molar-refractivity contribution in [3.8, 4) is 11.5 Å². The number of fused-ring (bicyclic) bond motifs is 1. The lowest BCUT2D eigenvalue weighted by atomic mass is 10.3. The topological polar surface area (TPSA) is 87.0 Å². The molecule has 31 heavy (non-hydrogen) atoms. The van der Waals surface area contributed by atoms with E-state index in [0.29, 0.717) is 23.7 Å². The van der Waals surface area contributed by atoms with Gasteiger partial charge in [0, 0.05) is 13.0 Å². The fourth-order valence-electron chi connectivity index (χ4n) is 3.18. The van der Waals surface area contributed by atoms with Crippen LogP contribution in [0.15, 0.2) is 52.4 Å². The summed E-state index contributed by atoms with van der Waals surface area (Å²) in [4.78, 5) is 17.5. The molecule has 0 aliphatic carbocycles. The van der Waals surface area contributed by atoms with Crippen LogP contribution in [0.1, 0.15) is 26.7 Å². The van der Waals surface area contributed by atoms with Crippen LogP contribution in [0.3, 0.4) is 0 Å². The molecule has 0 aliphatic rings. The van der Waals surface area contributed by atoms with Crippen molar-refractivity contribution < 1.29 is 22.7 Å². The summed E-state index contributed by atoms with van der Waals surface area (Å²) in [5.74, 6) is 0.928. The number of carbonyl (C=O) groups excluding carboxylic acids is 1. The van der Waals surface area contributed by atoms with Gasteiger partial charge in [-0.15, -0.1) is 0 Å². The Labute approximate surface area is 185 Å². The van der Waals surface area contributed by atoms with Crippen molar-refractivity contribution >= 4 is 37.3 Å². The number of methoxy groups -OCH3 is 1. The summed E-state index contributed by atoms with van der Waals surface area (Å²) in [7, 11) is -1.94. The second-order valence-corrected chi connectivity index (χ2v) is 9.91. The molecular weight excluding hydrogens is 436 g/mol. The number of sulfone groups is 1. The molecular formula is C22H26N2O5S2. The molecule has 7 nitrogen and oxygen atoms in total. The highest BCUT2D eigenvalue weighted by Gasteiger charge is 2.15. The van der Waals surface area contributed by atoms with Gasteiger partial charge in [-0.1, -0.05) is 11.3 Å². The first-order valence-electron chi connectivity index (χ1n) is 10.1. The molecule has 0 N–H and O–H groups in total. The zero-order valence-corrected chi connectivity index (χ0v) is 19.5. The summed E-state index contributed by atoms with van der Waals surface area (Å²) in [5, 5.41) is 0. The lowest BCUT2D eigenvalue weighted by Gasteiger charge is -2.05. The maximum atomic E-state index is 12.5. The van der Waals surface area contributed by atoms with Crippen molar-refractivity contribution in [2.45, 2.75) is 38.1 Å². The Kier molecular flexibility index (Phi) is 7.50. The summed E-state index contributed by atoms with van der Waals surface area (Å²) < 4.78 is 38.5. The molecule has 0 saturated heterocycles. The van der Waals surface area contributed by atoms with Gasteiger partial charge in [0.15, 0.2) is 14.6 Å². The van der Waals surface area contributed by atoms with E-state index in [1.165, 1.54) is 30.6 Å². The van der Waals surface area contributed by atoms with Crippen molar-refractivity contribution in [3.05, 3.63) is 47.3 Å². The lowest BCUT2D eigenvalue weighted by Crippen LogP contribution is -2.16. The number of aromatic nitrogens is 1. The first kappa shape index (κ1) is 23.0. The Hall–Kier alpha value is -2.65. The van der Waals surface area contributed by atoms with Crippen LogP contribution in [-0.4, -0.2) is 38.4 Å². The molecule has 0 atom stereocenters. The number of nitrogens with zero attached hydrogens (tertiary/aromatic N) is 2. The van der Waals surface area contributed by atoms with Gasteiger partial charge in [-0.2, -0.15) is 4.99 Å². The molecule has 0 spiro atoms. The van der Waals surface area contributed by atoms with E-state index in [-0.39, 0.29) is 29.4 Å². The second kappa shape index (κ2) is 10.1. The molecule has 3 rings (SSSR count). The molecule has 0 saturated carbocycles. The van der Waals surface area contributed by atoms with Crippen molar-refractivity contribution in [1.29, 1.82) is 0 Å². The Balaban J connectivity index is 1.71. The Morgan fingerprint density at radius 1 is 1.10 bits per heavy atom. The molecule has 0 bridgehead atoms. The van der Waals surface area contributed by atoms with Gasteiger partial charge in [0.25, 0.3) is 0 Å². The third-order valence-electron chi connectivity index (χ3n) is 4.72. The van der Waals surface area contributed by atoms with Crippen molar-refractivity contribution in [2.24, 2.45) is 4.99 Å². The first-order chi connectivity index (χ1) is 14.9. The van der Waals surface area contributed by atoms with Gasteiger partial charge >= 0.3 is 0 Å². The summed E-state index contributed by atoms with van der Waals surface area (Å²) >= 11 is 1.42. The van der Waals surface area contributed by atoms with E-state index in [9.17, 15) is 13.2 Å². The first-order valence-corrected chi connectivity index (χ1v) is 12.6.